The minimum atomic E-state index is 0.752. The minimum absolute atomic E-state index is 0.752. The summed E-state index contributed by atoms with van der Waals surface area (Å²) in [6.07, 6.45) is 10.3. The van der Waals surface area contributed by atoms with Crippen LogP contribution in [0.25, 0.3) is 0 Å². The molecule has 74 valence electrons. The van der Waals surface area contributed by atoms with Crippen LogP contribution in [0.2, 0.25) is 0 Å². The lowest BCUT2D eigenvalue weighted by Gasteiger charge is -2.26. The summed E-state index contributed by atoms with van der Waals surface area (Å²) in [5.74, 6) is 1.93. The molecular weight excluding hydrogens is 158 g/mol. The summed E-state index contributed by atoms with van der Waals surface area (Å²) in [4.78, 5) is 0. The number of hydrogen-bond donors (Lipinski definition) is 0. The molecule has 1 fully saturated rings. The molecule has 0 N–H and O–H groups in total. The quantitative estimate of drug-likeness (QED) is 0.600. The van der Waals surface area contributed by atoms with E-state index in [0.29, 0.717) is 0 Å². The Morgan fingerprint density at radius 2 is 2.15 bits per heavy atom. The zero-order valence-electron chi connectivity index (χ0n) is 8.76. The van der Waals surface area contributed by atoms with E-state index in [0.717, 1.165) is 24.7 Å². The smallest absolute Gasteiger partial charge is 0.0621 e. The van der Waals surface area contributed by atoms with Crippen LogP contribution in [0.1, 0.15) is 58.3 Å². The highest BCUT2D eigenvalue weighted by atomic mass is 14.2. The summed E-state index contributed by atoms with van der Waals surface area (Å²) in [6.45, 7) is 2.38. The molecule has 0 aromatic heterocycles. The van der Waals surface area contributed by atoms with Crippen LogP contribution in [-0.2, 0) is 0 Å². The van der Waals surface area contributed by atoms with E-state index in [4.69, 9.17) is 5.26 Å². The number of rotatable bonds is 4. The van der Waals surface area contributed by atoms with Gasteiger partial charge >= 0.3 is 0 Å². The Balaban J connectivity index is 2.04. The van der Waals surface area contributed by atoms with Crippen molar-refractivity contribution in [3.05, 3.63) is 0 Å². The lowest BCUT2D eigenvalue weighted by Crippen LogP contribution is -2.12. The first-order valence-corrected chi connectivity index (χ1v) is 5.70. The predicted molar refractivity (Wildman–Crippen MR) is 55.2 cm³/mol. The monoisotopic (exact) mass is 179 g/mol. The van der Waals surface area contributed by atoms with Gasteiger partial charge in [-0.05, 0) is 24.7 Å². The molecule has 0 aliphatic heterocycles. The molecule has 0 bridgehead atoms. The SMILES string of the molecule is CC1CCCC(CCCCC#N)C1. The van der Waals surface area contributed by atoms with Crippen LogP contribution in [0.3, 0.4) is 0 Å². The lowest BCUT2D eigenvalue weighted by atomic mass is 9.80. The molecular formula is C12H21N. The largest absolute Gasteiger partial charge is 0.198 e. The van der Waals surface area contributed by atoms with Crippen LogP contribution in [0.5, 0.6) is 0 Å². The topological polar surface area (TPSA) is 23.8 Å². The zero-order valence-corrected chi connectivity index (χ0v) is 8.76. The molecule has 1 aliphatic carbocycles. The van der Waals surface area contributed by atoms with Gasteiger partial charge in [-0.1, -0.05) is 39.0 Å². The van der Waals surface area contributed by atoms with Gasteiger partial charge in [0.15, 0.2) is 0 Å². The van der Waals surface area contributed by atoms with E-state index in [1.54, 1.807) is 0 Å². The third-order valence-electron chi connectivity index (χ3n) is 3.20. The summed E-state index contributed by atoms with van der Waals surface area (Å²) < 4.78 is 0. The Labute approximate surface area is 82.1 Å². The van der Waals surface area contributed by atoms with E-state index >= 15 is 0 Å². The van der Waals surface area contributed by atoms with Gasteiger partial charge < -0.3 is 0 Å². The summed E-state index contributed by atoms with van der Waals surface area (Å²) in [5.41, 5.74) is 0. The Morgan fingerprint density at radius 1 is 1.31 bits per heavy atom. The molecule has 1 heteroatoms. The van der Waals surface area contributed by atoms with Crippen molar-refractivity contribution >= 4 is 0 Å². The van der Waals surface area contributed by atoms with Crippen molar-refractivity contribution in [2.45, 2.75) is 58.3 Å². The number of nitriles is 1. The summed E-state index contributed by atoms with van der Waals surface area (Å²) in [5, 5.41) is 8.40. The normalized spacial score (nSPS) is 28.3. The molecule has 13 heavy (non-hydrogen) atoms. The van der Waals surface area contributed by atoms with E-state index in [1.807, 2.05) is 0 Å². The van der Waals surface area contributed by atoms with Crippen molar-refractivity contribution in [3.63, 3.8) is 0 Å². The molecule has 0 aromatic rings. The van der Waals surface area contributed by atoms with Crippen molar-refractivity contribution in [2.75, 3.05) is 0 Å². The van der Waals surface area contributed by atoms with E-state index in [1.165, 1.54) is 38.5 Å². The molecule has 2 unspecified atom stereocenters. The van der Waals surface area contributed by atoms with E-state index < -0.39 is 0 Å². The highest BCUT2D eigenvalue weighted by molar-refractivity contribution is 4.72. The first-order valence-electron chi connectivity index (χ1n) is 5.70. The second kappa shape index (κ2) is 6.02. The maximum Gasteiger partial charge on any atom is 0.0621 e. The minimum Gasteiger partial charge on any atom is -0.198 e. The number of unbranched alkanes of at least 4 members (excludes halogenated alkanes) is 2. The van der Waals surface area contributed by atoms with Crippen molar-refractivity contribution in [1.82, 2.24) is 0 Å². The second-order valence-electron chi connectivity index (χ2n) is 4.54. The summed E-state index contributed by atoms with van der Waals surface area (Å²) >= 11 is 0. The summed E-state index contributed by atoms with van der Waals surface area (Å²) in [6, 6.07) is 2.21. The standard InChI is InChI=1S/C12H21N/c1-11-6-5-8-12(10-11)7-3-2-4-9-13/h11-12H,2-8,10H2,1H3. The molecule has 0 saturated heterocycles. The van der Waals surface area contributed by atoms with Crippen molar-refractivity contribution in [1.29, 1.82) is 5.26 Å². The van der Waals surface area contributed by atoms with Crippen molar-refractivity contribution in [3.8, 4) is 6.07 Å². The molecule has 1 rings (SSSR count). The van der Waals surface area contributed by atoms with Gasteiger partial charge in [-0.25, -0.2) is 0 Å². The average molecular weight is 179 g/mol. The predicted octanol–water partition coefficient (Wildman–Crippen LogP) is 3.90. The third-order valence-corrected chi connectivity index (χ3v) is 3.20. The van der Waals surface area contributed by atoms with E-state index in [9.17, 15) is 0 Å². The third kappa shape index (κ3) is 4.31. The van der Waals surface area contributed by atoms with E-state index in [-0.39, 0.29) is 0 Å². The maximum absolute atomic E-state index is 8.40. The van der Waals surface area contributed by atoms with Crippen molar-refractivity contribution < 1.29 is 0 Å². The Morgan fingerprint density at radius 3 is 2.85 bits per heavy atom. The van der Waals surface area contributed by atoms with E-state index in [2.05, 4.69) is 13.0 Å². The first-order chi connectivity index (χ1) is 6.33. The second-order valence-corrected chi connectivity index (χ2v) is 4.54. The molecule has 0 spiro atoms. The van der Waals surface area contributed by atoms with Gasteiger partial charge in [0.25, 0.3) is 0 Å². The fourth-order valence-corrected chi connectivity index (χ4v) is 2.46. The first kappa shape index (κ1) is 10.6. The fourth-order valence-electron chi connectivity index (χ4n) is 2.46. The molecule has 0 heterocycles. The maximum atomic E-state index is 8.40. The van der Waals surface area contributed by atoms with Gasteiger partial charge in [-0.15, -0.1) is 0 Å². The van der Waals surface area contributed by atoms with Gasteiger partial charge in [0.2, 0.25) is 0 Å². The van der Waals surface area contributed by atoms with Gasteiger partial charge in [0, 0.05) is 6.42 Å². The average Bonchev–Trinajstić information content (AvgIpc) is 2.13. The van der Waals surface area contributed by atoms with Crippen molar-refractivity contribution in [2.24, 2.45) is 11.8 Å². The van der Waals surface area contributed by atoms with Crippen LogP contribution >= 0.6 is 0 Å². The molecule has 2 atom stereocenters. The lowest BCUT2D eigenvalue weighted by molar-refractivity contribution is 0.265. The fraction of sp³-hybridized carbons (Fsp3) is 0.917. The van der Waals surface area contributed by atoms with Crippen LogP contribution in [0, 0.1) is 23.2 Å². The Kier molecular flexibility index (Phi) is 4.90. The highest BCUT2D eigenvalue weighted by Gasteiger charge is 2.17. The molecule has 1 nitrogen and oxygen atoms in total. The van der Waals surface area contributed by atoms with Crippen LogP contribution < -0.4 is 0 Å². The van der Waals surface area contributed by atoms with Gasteiger partial charge in [-0.2, -0.15) is 5.26 Å². The van der Waals surface area contributed by atoms with Crippen LogP contribution in [-0.4, -0.2) is 0 Å². The molecule has 1 aliphatic rings. The van der Waals surface area contributed by atoms with Gasteiger partial charge in [-0.3, -0.25) is 0 Å². The number of nitrogens with zero attached hydrogens (tertiary/aromatic N) is 1. The molecule has 0 amide bonds. The van der Waals surface area contributed by atoms with Gasteiger partial charge in [0.05, 0.1) is 6.07 Å². The molecule has 1 saturated carbocycles. The highest BCUT2D eigenvalue weighted by Crippen LogP contribution is 2.31. The summed E-state index contributed by atoms with van der Waals surface area (Å²) in [7, 11) is 0. The van der Waals surface area contributed by atoms with Gasteiger partial charge in [0.1, 0.15) is 0 Å². The number of hydrogen-bond acceptors (Lipinski definition) is 1. The van der Waals surface area contributed by atoms with Crippen LogP contribution in [0.4, 0.5) is 0 Å². The zero-order chi connectivity index (χ0) is 9.52. The Bertz CT molecular complexity index is 168. The van der Waals surface area contributed by atoms with Crippen LogP contribution in [0.15, 0.2) is 0 Å². The molecule has 0 aromatic carbocycles. The molecule has 0 radical (unpaired) electrons. The Hall–Kier alpha value is -0.510.